The van der Waals surface area contributed by atoms with Crippen molar-refractivity contribution in [2.75, 3.05) is 20.7 Å². The van der Waals surface area contributed by atoms with E-state index >= 15 is 0 Å². The second-order valence-corrected chi connectivity index (χ2v) is 7.89. The molecule has 8 heteroatoms. The van der Waals surface area contributed by atoms with E-state index in [1.54, 1.807) is 25.3 Å². The Morgan fingerprint density at radius 2 is 1.84 bits per heavy atom. The molecular weight excluding hydrogens is 408 g/mol. The maximum Gasteiger partial charge on any atom is 0.325 e. The van der Waals surface area contributed by atoms with Crippen LogP contribution in [0.2, 0.25) is 0 Å². The van der Waals surface area contributed by atoms with Crippen LogP contribution in [-0.4, -0.2) is 60.4 Å². The van der Waals surface area contributed by atoms with Gasteiger partial charge in [-0.3, -0.25) is 14.5 Å². The molecule has 2 heterocycles. The Labute approximate surface area is 186 Å². The number of amides is 4. The Morgan fingerprint density at radius 3 is 2.59 bits per heavy atom. The number of nitrogens with zero attached hydrogens (tertiary/aromatic N) is 2. The second-order valence-electron chi connectivity index (χ2n) is 7.89. The van der Waals surface area contributed by atoms with Crippen molar-refractivity contribution in [1.29, 1.82) is 0 Å². The van der Waals surface area contributed by atoms with Gasteiger partial charge in [0.15, 0.2) is 0 Å². The zero-order valence-corrected chi connectivity index (χ0v) is 18.1. The Bertz CT molecular complexity index is 1050. The van der Waals surface area contributed by atoms with Crippen LogP contribution >= 0.6 is 0 Å². The first-order valence-corrected chi connectivity index (χ1v) is 10.5. The predicted octanol–water partition coefficient (Wildman–Crippen LogP) is 1.67. The van der Waals surface area contributed by atoms with Crippen LogP contribution in [0.5, 0.6) is 5.75 Å². The van der Waals surface area contributed by atoms with Gasteiger partial charge in [0, 0.05) is 19.8 Å². The molecule has 8 nitrogen and oxygen atoms in total. The van der Waals surface area contributed by atoms with Crippen LogP contribution in [0.4, 0.5) is 4.79 Å². The van der Waals surface area contributed by atoms with Crippen molar-refractivity contribution >= 4 is 17.8 Å². The van der Waals surface area contributed by atoms with Crippen LogP contribution in [0.25, 0.3) is 0 Å². The first-order valence-electron chi connectivity index (χ1n) is 10.5. The third-order valence-electron chi connectivity index (χ3n) is 5.75. The van der Waals surface area contributed by atoms with Gasteiger partial charge >= 0.3 is 6.03 Å². The molecule has 0 saturated carbocycles. The van der Waals surface area contributed by atoms with E-state index in [2.05, 4.69) is 10.6 Å². The minimum Gasteiger partial charge on any atom is -0.497 e. The number of carbonyl (C=O) groups excluding carboxylic acids is 3. The third kappa shape index (κ3) is 4.30. The highest BCUT2D eigenvalue weighted by atomic mass is 16.5. The molecule has 0 bridgehead atoms. The molecule has 2 aromatic rings. The maximum atomic E-state index is 13.1. The molecule has 1 fully saturated rings. The number of methoxy groups -OCH3 is 1. The molecule has 2 aliphatic heterocycles. The maximum absolute atomic E-state index is 13.1. The van der Waals surface area contributed by atoms with E-state index in [4.69, 9.17) is 4.74 Å². The van der Waals surface area contributed by atoms with Crippen LogP contribution in [0.3, 0.4) is 0 Å². The highest BCUT2D eigenvalue weighted by Crippen LogP contribution is 2.27. The average Bonchev–Trinajstić information content (AvgIpc) is 3.13. The summed E-state index contributed by atoms with van der Waals surface area (Å²) < 4.78 is 5.22. The van der Waals surface area contributed by atoms with Gasteiger partial charge in [-0.15, -0.1) is 0 Å². The molecule has 0 radical (unpaired) electrons. The van der Waals surface area contributed by atoms with Crippen LogP contribution in [0, 0.1) is 0 Å². The normalized spacial score (nSPS) is 19.9. The van der Waals surface area contributed by atoms with E-state index in [-0.39, 0.29) is 18.4 Å². The fraction of sp³-hybridized carbons (Fsp3) is 0.292. The molecular formula is C24H26N4O4. The Morgan fingerprint density at radius 1 is 1.09 bits per heavy atom. The number of rotatable bonds is 7. The number of imide groups is 1. The summed E-state index contributed by atoms with van der Waals surface area (Å²) in [6.07, 6.45) is 2.27. The molecule has 2 N–H and O–H groups in total. The molecule has 4 rings (SSSR count). The molecule has 4 amide bonds. The average molecular weight is 434 g/mol. The van der Waals surface area contributed by atoms with Crippen molar-refractivity contribution in [2.45, 2.75) is 25.0 Å². The van der Waals surface area contributed by atoms with Crippen molar-refractivity contribution in [3.05, 3.63) is 77.5 Å². The summed E-state index contributed by atoms with van der Waals surface area (Å²) in [4.78, 5) is 41.5. The largest absolute Gasteiger partial charge is 0.497 e. The third-order valence-corrected chi connectivity index (χ3v) is 5.75. The molecule has 2 unspecified atom stereocenters. The number of fused-ring (bicyclic) bond motifs is 1. The molecule has 1 saturated heterocycles. The van der Waals surface area contributed by atoms with Crippen LogP contribution in [0.1, 0.15) is 11.1 Å². The van der Waals surface area contributed by atoms with Gasteiger partial charge in [0.2, 0.25) is 0 Å². The van der Waals surface area contributed by atoms with Gasteiger partial charge in [-0.2, -0.15) is 0 Å². The minimum atomic E-state index is -0.677. The highest BCUT2D eigenvalue weighted by molar-refractivity contribution is 6.05. The molecule has 0 spiro atoms. The summed E-state index contributed by atoms with van der Waals surface area (Å²) in [7, 11) is 3.35. The zero-order chi connectivity index (χ0) is 22.7. The fourth-order valence-electron chi connectivity index (χ4n) is 4.10. The topological polar surface area (TPSA) is 91.0 Å². The number of benzene rings is 2. The second kappa shape index (κ2) is 9.13. The lowest BCUT2D eigenvalue weighted by Crippen LogP contribution is -2.64. The number of carbonyl (C=O) groups is 3. The van der Waals surface area contributed by atoms with Crippen molar-refractivity contribution in [3.63, 3.8) is 0 Å². The van der Waals surface area contributed by atoms with Crippen molar-refractivity contribution in [3.8, 4) is 5.75 Å². The smallest absolute Gasteiger partial charge is 0.325 e. The van der Waals surface area contributed by atoms with E-state index < -0.39 is 18.1 Å². The molecule has 0 aliphatic carbocycles. The van der Waals surface area contributed by atoms with Gasteiger partial charge in [-0.25, -0.2) is 4.79 Å². The predicted molar refractivity (Wildman–Crippen MR) is 119 cm³/mol. The number of ether oxygens (including phenoxy) is 1. The number of likely N-dealkylation sites (N-methyl/N-ethyl adjacent to an activating group) is 1. The van der Waals surface area contributed by atoms with E-state index in [0.29, 0.717) is 18.5 Å². The first-order chi connectivity index (χ1) is 15.5. The first kappa shape index (κ1) is 21.4. The summed E-state index contributed by atoms with van der Waals surface area (Å²) in [5.41, 5.74) is 2.28. The highest BCUT2D eigenvalue weighted by Gasteiger charge is 2.49. The molecule has 2 aliphatic rings. The summed E-state index contributed by atoms with van der Waals surface area (Å²) in [6.45, 7) is 0.608. The Kier molecular flexibility index (Phi) is 6.11. The number of hydrogen-bond donors (Lipinski definition) is 2. The van der Waals surface area contributed by atoms with Crippen LogP contribution < -0.4 is 15.4 Å². The summed E-state index contributed by atoms with van der Waals surface area (Å²) >= 11 is 0. The van der Waals surface area contributed by atoms with Crippen LogP contribution in [0.15, 0.2) is 66.4 Å². The van der Waals surface area contributed by atoms with Gasteiger partial charge in [0.25, 0.3) is 11.8 Å². The lowest BCUT2D eigenvalue weighted by molar-refractivity contribution is -0.135. The molecule has 0 aromatic heterocycles. The van der Waals surface area contributed by atoms with Gasteiger partial charge < -0.3 is 20.3 Å². The van der Waals surface area contributed by atoms with Gasteiger partial charge in [-0.05, 0) is 29.7 Å². The quantitative estimate of drug-likeness (QED) is 0.692. The Balaban J connectivity index is 1.39. The SMILES string of the molecule is COc1cccc(CCNC(=O)C2=CN(C)C3C(=O)N(Cc4ccccc4)C(=O)NC23)c1. The van der Waals surface area contributed by atoms with E-state index in [9.17, 15) is 14.4 Å². The van der Waals surface area contributed by atoms with Crippen molar-refractivity contribution < 1.29 is 19.1 Å². The number of hydrogen-bond acceptors (Lipinski definition) is 5. The summed E-state index contributed by atoms with van der Waals surface area (Å²) in [6, 6.07) is 15.2. The van der Waals surface area contributed by atoms with Gasteiger partial charge in [0.05, 0.1) is 25.3 Å². The molecule has 166 valence electrons. The summed E-state index contributed by atoms with van der Waals surface area (Å²) in [5, 5.41) is 5.74. The monoisotopic (exact) mass is 434 g/mol. The molecule has 32 heavy (non-hydrogen) atoms. The zero-order valence-electron chi connectivity index (χ0n) is 18.1. The fourth-order valence-corrected chi connectivity index (χ4v) is 4.10. The molecule has 2 aromatic carbocycles. The number of urea groups is 1. The standard InChI is InChI=1S/C24H26N4O4/c1-27-15-19(22(29)25-12-11-16-9-6-10-18(13-16)32-2)20-21(27)23(30)28(24(31)26-20)14-17-7-4-3-5-8-17/h3-10,13,15,20-21H,11-12,14H2,1-2H3,(H,25,29)(H,26,31). The lowest BCUT2D eigenvalue weighted by Gasteiger charge is -2.37. The number of nitrogens with one attached hydrogen (secondary N) is 2. The summed E-state index contributed by atoms with van der Waals surface area (Å²) in [5.74, 6) is 0.151. The van der Waals surface area contributed by atoms with Gasteiger partial charge in [-0.1, -0.05) is 42.5 Å². The molecule has 2 atom stereocenters. The van der Waals surface area contributed by atoms with E-state index in [1.165, 1.54) is 4.90 Å². The van der Waals surface area contributed by atoms with Gasteiger partial charge in [0.1, 0.15) is 11.8 Å². The Hall–Kier alpha value is -3.81. The lowest BCUT2D eigenvalue weighted by atomic mass is 9.99. The minimum absolute atomic E-state index is 0.185. The van der Waals surface area contributed by atoms with Crippen molar-refractivity contribution in [1.82, 2.24) is 20.4 Å². The van der Waals surface area contributed by atoms with E-state index in [1.807, 2.05) is 54.6 Å². The van der Waals surface area contributed by atoms with Crippen molar-refractivity contribution in [2.24, 2.45) is 0 Å². The van der Waals surface area contributed by atoms with E-state index in [0.717, 1.165) is 16.9 Å². The van der Waals surface area contributed by atoms with Crippen LogP contribution in [-0.2, 0) is 22.6 Å².